The van der Waals surface area contributed by atoms with Crippen molar-refractivity contribution in [3.05, 3.63) is 34.6 Å². The lowest BCUT2D eigenvalue weighted by Crippen LogP contribution is -2.11. The summed E-state index contributed by atoms with van der Waals surface area (Å²) in [5.74, 6) is 0. The van der Waals surface area contributed by atoms with E-state index in [0.29, 0.717) is 6.54 Å². The minimum atomic E-state index is 0.696. The predicted molar refractivity (Wildman–Crippen MR) is 76.3 cm³/mol. The number of halogens is 1. The number of aromatic nitrogens is 4. The van der Waals surface area contributed by atoms with Crippen LogP contribution in [-0.2, 0) is 26.6 Å². The number of rotatable bonds is 6. The van der Waals surface area contributed by atoms with Crippen LogP contribution in [0.25, 0.3) is 0 Å². The van der Waals surface area contributed by atoms with Gasteiger partial charge in [0.15, 0.2) is 0 Å². The summed E-state index contributed by atoms with van der Waals surface area (Å²) in [5.41, 5.74) is 3.01. The molecule has 0 aliphatic carbocycles. The van der Waals surface area contributed by atoms with E-state index in [0.717, 1.165) is 41.6 Å². The summed E-state index contributed by atoms with van der Waals surface area (Å²) >= 11 is 6.34. The van der Waals surface area contributed by atoms with Gasteiger partial charge in [0.05, 0.1) is 35.0 Å². The first-order valence-electron chi connectivity index (χ1n) is 6.57. The third-order valence-corrected chi connectivity index (χ3v) is 3.51. The lowest BCUT2D eigenvalue weighted by atomic mass is 10.3. The fourth-order valence-corrected chi connectivity index (χ4v) is 2.36. The van der Waals surface area contributed by atoms with Gasteiger partial charge in [-0.2, -0.15) is 5.10 Å². The average molecular weight is 282 g/mol. The third kappa shape index (κ3) is 3.16. The van der Waals surface area contributed by atoms with Crippen molar-refractivity contribution in [1.82, 2.24) is 24.6 Å². The van der Waals surface area contributed by atoms with Gasteiger partial charge in [-0.3, -0.25) is 4.68 Å². The molecule has 2 heterocycles. The van der Waals surface area contributed by atoms with Crippen LogP contribution in [0, 0.1) is 0 Å². The summed E-state index contributed by atoms with van der Waals surface area (Å²) in [6, 6.07) is 0. The van der Waals surface area contributed by atoms with Gasteiger partial charge in [-0.1, -0.05) is 25.4 Å². The summed E-state index contributed by atoms with van der Waals surface area (Å²) in [4.78, 5) is 4.36. The Bertz CT molecular complexity index is 543. The van der Waals surface area contributed by atoms with Gasteiger partial charge >= 0.3 is 0 Å². The Morgan fingerprint density at radius 2 is 2.16 bits per heavy atom. The average Bonchev–Trinajstić information content (AvgIpc) is 2.96. The van der Waals surface area contributed by atoms with E-state index in [-0.39, 0.29) is 0 Å². The molecule has 0 bridgehead atoms. The zero-order valence-electron chi connectivity index (χ0n) is 11.6. The van der Waals surface area contributed by atoms with Crippen LogP contribution < -0.4 is 5.32 Å². The van der Waals surface area contributed by atoms with Crippen LogP contribution >= 0.6 is 11.6 Å². The SMILES string of the molecule is CCNCc1cn(Cc2c(Cl)c(CC)nn2C)cn1. The molecule has 6 heteroatoms. The highest BCUT2D eigenvalue weighted by molar-refractivity contribution is 6.31. The van der Waals surface area contributed by atoms with E-state index < -0.39 is 0 Å². The van der Waals surface area contributed by atoms with Crippen molar-refractivity contribution in [1.29, 1.82) is 0 Å². The smallest absolute Gasteiger partial charge is 0.0953 e. The molecule has 2 aromatic rings. The zero-order chi connectivity index (χ0) is 13.8. The summed E-state index contributed by atoms with van der Waals surface area (Å²) in [6.45, 7) is 6.58. The Morgan fingerprint density at radius 1 is 1.37 bits per heavy atom. The topological polar surface area (TPSA) is 47.7 Å². The summed E-state index contributed by atoms with van der Waals surface area (Å²) in [7, 11) is 1.93. The van der Waals surface area contributed by atoms with Crippen molar-refractivity contribution in [2.45, 2.75) is 33.4 Å². The van der Waals surface area contributed by atoms with Crippen molar-refractivity contribution < 1.29 is 0 Å². The molecule has 2 rings (SSSR count). The number of aryl methyl sites for hydroxylation is 2. The Hall–Kier alpha value is -1.33. The number of hydrogen-bond acceptors (Lipinski definition) is 3. The molecule has 2 aromatic heterocycles. The van der Waals surface area contributed by atoms with Crippen molar-refractivity contribution in [3.63, 3.8) is 0 Å². The Kier molecular flexibility index (Phi) is 4.61. The van der Waals surface area contributed by atoms with E-state index in [9.17, 15) is 0 Å². The fourth-order valence-electron chi connectivity index (χ4n) is 2.00. The summed E-state index contributed by atoms with van der Waals surface area (Å²) in [6.07, 6.45) is 4.72. The second-order valence-electron chi connectivity index (χ2n) is 4.50. The standard InChI is InChI=1S/C13H20ClN5/c1-4-11-13(14)12(18(3)17-11)8-19-7-10(16-9-19)6-15-5-2/h7,9,15H,4-6,8H2,1-3H3. The largest absolute Gasteiger partial charge is 0.331 e. The van der Waals surface area contributed by atoms with Crippen LogP contribution in [0.15, 0.2) is 12.5 Å². The second-order valence-corrected chi connectivity index (χ2v) is 4.88. The van der Waals surface area contributed by atoms with Crippen LogP contribution in [0.2, 0.25) is 5.02 Å². The van der Waals surface area contributed by atoms with Gasteiger partial charge in [0.2, 0.25) is 0 Å². The van der Waals surface area contributed by atoms with Gasteiger partial charge < -0.3 is 9.88 Å². The first-order chi connectivity index (χ1) is 9.15. The number of hydrogen-bond donors (Lipinski definition) is 1. The zero-order valence-corrected chi connectivity index (χ0v) is 12.4. The maximum absolute atomic E-state index is 6.34. The lowest BCUT2D eigenvalue weighted by Gasteiger charge is -2.03. The first kappa shape index (κ1) is 14.1. The van der Waals surface area contributed by atoms with Crippen molar-refractivity contribution >= 4 is 11.6 Å². The molecule has 104 valence electrons. The van der Waals surface area contributed by atoms with Gasteiger partial charge in [0.1, 0.15) is 0 Å². The molecule has 0 spiro atoms. The van der Waals surface area contributed by atoms with Gasteiger partial charge in [-0.25, -0.2) is 4.98 Å². The van der Waals surface area contributed by atoms with Crippen molar-refractivity contribution in [3.8, 4) is 0 Å². The van der Waals surface area contributed by atoms with Gasteiger partial charge in [-0.05, 0) is 13.0 Å². The van der Waals surface area contributed by atoms with Gasteiger partial charge in [0, 0.05) is 19.8 Å². The monoisotopic (exact) mass is 281 g/mol. The molecule has 0 saturated heterocycles. The third-order valence-electron chi connectivity index (χ3n) is 3.08. The van der Waals surface area contributed by atoms with Crippen molar-refractivity contribution in [2.75, 3.05) is 6.54 Å². The number of imidazole rings is 1. The van der Waals surface area contributed by atoms with Crippen LogP contribution in [-0.4, -0.2) is 25.9 Å². The van der Waals surface area contributed by atoms with E-state index in [1.54, 1.807) is 0 Å². The molecule has 1 N–H and O–H groups in total. The van der Waals surface area contributed by atoms with Crippen LogP contribution in [0.4, 0.5) is 0 Å². The molecule has 5 nitrogen and oxygen atoms in total. The van der Waals surface area contributed by atoms with Crippen LogP contribution in [0.5, 0.6) is 0 Å². The van der Waals surface area contributed by atoms with E-state index >= 15 is 0 Å². The Labute approximate surface area is 118 Å². The quantitative estimate of drug-likeness (QED) is 0.881. The minimum Gasteiger partial charge on any atom is -0.331 e. The van der Waals surface area contributed by atoms with Gasteiger partial charge in [-0.15, -0.1) is 0 Å². The maximum atomic E-state index is 6.34. The minimum absolute atomic E-state index is 0.696. The first-order valence-corrected chi connectivity index (χ1v) is 6.95. The molecule has 0 aliphatic heterocycles. The van der Waals surface area contributed by atoms with E-state index in [1.807, 2.05) is 28.8 Å². The molecule has 0 aliphatic rings. The fraction of sp³-hybridized carbons (Fsp3) is 0.538. The van der Waals surface area contributed by atoms with E-state index in [4.69, 9.17) is 11.6 Å². The Balaban J connectivity index is 2.12. The Morgan fingerprint density at radius 3 is 2.79 bits per heavy atom. The molecule has 0 radical (unpaired) electrons. The predicted octanol–water partition coefficient (Wildman–Crippen LogP) is 1.99. The summed E-state index contributed by atoms with van der Waals surface area (Å²) < 4.78 is 3.89. The highest BCUT2D eigenvalue weighted by Gasteiger charge is 2.13. The molecular formula is C13H20ClN5. The van der Waals surface area contributed by atoms with E-state index in [2.05, 4.69) is 29.2 Å². The molecule has 0 saturated carbocycles. The van der Waals surface area contributed by atoms with Gasteiger partial charge in [0.25, 0.3) is 0 Å². The molecule has 0 amide bonds. The highest BCUT2D eigenvalue weighted by atomic mass is 35.5. The molecule has 0 unspecified atom stereocenters. The van der Waals surface area contributed by atoms with Crippen molar-refractivity contribution in [2.24, 2.45) is 7.05 Å². The molecule has 19 heavy (non-hydrogen) atoms. The highest BCUT2D eigenvalue weighted by Crippen LogP contribution is 2.21. The van der Waals surface area contributed by atoms with E-state index in [1.165, 1.54) is 0 Å². The number of nitrogens with zero attached hydrogens (tertiary/aromatic N) is 4. The molecule has 0 fully saturated rings. The maximum Gasteiger partial charge on any atom is 0.0953 e. The molecule has 0 aromatic carbocycles. The lowest BCUT2D eigenvalue weighted by molar-refractivity contribution is 0.659. The molecular weight excluding hydrogens is 262 g/mol. The van der Waals surface area contributed by atoms with Crippen LogP contribution in [0.1, 0.15) is 30.9 Å². The second kappa shape index (κ2) is 6.21. The summed E-state index contributed by atoms with van der Waals surface area (Å²) in [5, 5.41) is 8.45. The molecule has 0 atom stereocenters. The van der Waals surface area contributed by atoms with Crippen LogP contribution in [0.3, 0.4) is 0 Å². The number of nitrogens with one attached hydrogen (secondary N) is 1. The normalized spacial score (nSPS) is 11.2.